The second-order valence-corrected chi connectivity index (χ2v) is 4.92. The normalized spacial score (nSPS) is 17.7. The van der Waals surface area contributed by atoms with E-state index in [0.29, 0.717) is 12.3 Å². The van der Waals surface area contributed by atoms with Crippen LogP contribution in [0, 0.1) is 0 Å². The maximum atomic E-state index is 9.96. The van der Waals surface area contributed by atoms with E-state index < -0.39 is 0 Å². The Morgan fingerprint density at radius 3 is 2.28 bits per heavy atom. The Kier molecular flexibility index (Phi) is 3.66. The summed E-state index contributed by atoms with van der Waals surface area (Å²) in [4.78, 5) is 0. The molecule has 0 spiro atoms. The molecule has 4 nitrogen and oxygen atoms in total. The summed E-state index contributed by atoms with van der Waals surface area (Å²) < 4.78 is 10.5. The number of phenols is 1. The highest BCUT2D eigenvalue weighted by molar-refractivity contribution is 5.53. The molecule has 0 aromatic heterocycles. The van der Waals surface area contributed by atoms with E-state index in [9.17, 15) is 5.11 Å². The van der Waals surface area contributed by atoms with Crippen LogP contribution < -0.4 is 15.2 Å². The molecule has 1 aromatic rings. The van der Waals surface area contributed by atoms with Gasteiger partial charge in [-0.05, 0) is 18.9 Å². The number of benzene rings is 1. The first-order valence-electron chi connectivity index (χ1n) is 6.32. The lowest BCUT2D eigenvalue weighted by molar-refractivity contribution is 0.350. The molecule has 0 unspecified atom stereocenters. The molecule has 18 heavy (non-hydrogen) atoms. The Morgan fingerprint density at radius 1 is 1.17 bits per heavy atom. The van der Waals surface area contributed by atoms with Crippen LogP contribution >= 0.6 is 0 Å². The molecule has 0 saturated heterocycles. The van der Waals surface area contributed by atoms with Gasteiger partial charge in [-0.3, -0.25) is 0 Å². The van der Waals surface area contributed by atoms with Gasteiger partial charge in [0.2, 0.25) is 0 Å². The minimum Gasteiger partial charge on any atom is -0.504 e. The van der Waals surface area contributed by atoms with Gasteiger partial charge in [0.15, 0.2) is 11.5 Å². The van der Waals surface area contributed by atoms with E-state index in [2.05, 4.69) is 0 Å². The predicted octanol–water partition coefficient (Wildman–Crippen LogP) is 2.18. The molecule has 1 aromatic carbocycles. The fourth-order valence-corrected chi connectivity index (χ4v) is 2.93. The second kappa shape index (κ2) is 5.06. The Morgan fingerprint density at radius 2 is 1.78 bits per heavy atom. The SMILES string of the molecule is COc1cc(OC)c(C2(CN)CCCC2)cc1O. The largest absolute Gasteiger partial charge is 0.504 e. The molecule has 0 heterocycles. The zero-order chi connectivity index (χ0) is 13.2. The van der Waals surface area contributed by atoms with Crippen molar-refractivity contribution in [3.8, 4) is 17.2 Å². The smallest absolute Gasteiger partial charge is 0.164 e. The van der Waals surface area contributed by atoms with E-state index >= 15 is 0 Å². The molecule has 1 fully saturated rings. The van der Waals surface area contributed by atoms with Crippen molar-refractivity contribution >= 4 is 0 Å². The summed E-state index contributed by atoms with van der Waals surface area (Å²) in [5, 5.41) is 9.96. The van der Waals surface area contributed by atoms with Gasteiger partial charge in [0.25, 0.3) is 0 Å². The molecule has 0 atom stereocenters. The molecule has 1 saturated carbocycles. The average molecular weight is 251 g/mol. The molecular formula is C14H21NO3. The van der Waals surface area contributed by atoms with Gasteiger partial charge in [-0.1, -0.05) is 12.8 Å². The minimum absolute atomic E-state index is 0.0604. The molecule has 0 aliphatic heterocycles. The van der Waals surface area contributed by atoms with Gasteiger partial charge in [-0.2, -0.15) is 0 Å². The average Bonchev–Trinajstić information content (AvgIpc) is 2.88. The van der Waals surface area contributed by atoms with Crippen molar-refractivity contribution in [2.45, 2.75) is 31.1 Å². The molecule has 1 aliphatic rings. The van der Waals surface area contributed by atoms with E-state index in [4.69, 9.17) is 15.2 Å². The van der Waals surface area contributed by atoms with Crippen LogP contribution in [0.5, 0.6) is 17.2 Å². The fourth-order valence-electron chi connectivity index (χ4n) is 2.93. The van der Waals surface area contributed by atoms with Crippen LogP contribution in [0.3, 0.4) is 0 Å². The van der Waals surface area contributed by atoms with Crippen molar-refractivity contribution in [2.24, 2.45) is 5.73 Å². The van der Waals surface area contributed by atoms with Crippen LogP contribution in [0.15, 0.2) is 12.1 Å². The van der Waals surface area contributed by atoms with E-state index in [1.165, 1.54) is 20.0 Å². The first kappa shape index (κ1) is 13.0. The van der Waals surface area contributed by atoms with Crippen molar-refractivity contribution in [3.63, 3.8) is 0 Å². The maximum absolute atomic E-state index is 9.96. The minimum atomic E-state index is -0.0604. The lowest BCUT2D eigenvalue weighted by Crippen LogP contribution is -2.32. The van der Waals surface area contributed by atoms with Crippen molar-refractivity contribution in [1.29, 1.82) is 0 Å². The van der Waals surface area contributed by atoms with Gasteiger partial charge in [0.05, 0.1) is 14.2 Å². The third-order valence-electron chi connectivity index (χ3n) is 4.02. The first-order valence-corrected chi connectivity index (χ1v) is 6.32. The summed E-state index contributed by atoms with van der Waals surface area (Å²) in [5.41, 5.74) is 6.92. The van der Waals surface area contributed by atoms with Crippen molar-refractivity contribution < 1.29 is 14.6 Å². The molecule has 1 aliphatic carbocycles. The third kappa shape index (κ3) is 2.01. The van der Waals surface area contributed by atoms with Gasteiger partial charge in [0.1, 0.15) is 5.75 Å². The summed E-state index contributed by atoms with van der Waals surface area (Å²) >= 11 is 0. The number of phenolic OH excluding ortho intramolecular Hbond substituents is 1. The molecule has 0 radical (unpaired) electrons. The Hall–Kier alpha value is -1.42. The molecule has 3 N–H and O–H groups in total. The fraction of sp³-hybridized carbons (Fsp3) is 0.571. The number of hydrogen-bond donors (Lipinski definition) is 2. The first-order chi connectivity index (χ1) is 8.66. The standard InChI is InChI=1S/C14H21NO3/c1-17-12-8-13(18-2)11(16)7-10(12)14(9-15)5-3-4-6-14/h7-8,16H,3-6,9,15H2,1-2H3. The van der Waals surface area contributed by atoms with Gasteiger partial charge in [0, 0.05) is 23.6 Å². The number of methoxy groups -OCH3 is 2. The molecule has 0 bridgehead atoms. The van der Waals surface area contributed by atoms with Crippen LogP contribution in [0.4, 0.5) is 0 Å². The van der Waals surface area contributed by atoms with E-state index in [0.717, 1.165) is 24.2 Å². The molecule has 4 heteroatoms. The number of rotatable bonds is 4. The highest BCUT2D eigenvalue weighted by atomic mass is 16.5. The highest BCUT2D eigenvalue weighted by Gasteiger charge is 2.37. The summed E-state index contributed by atoms with van der Waals surface area (Å²) in [6.45, 7) is 0.579. The van der Waals surface area contributed by atoms with Crippen LogP contribution in [-0.4, -0.2) is 25.9 Å². The monoisotopic (exact) mass is 251 g/mol. The molecule has 100 valence electrons. The zero-order valence-electron chi connectivity index (χ0n) is 11.0. The van der Waals surface area contributed by atoms with E-state index in [1.54, 1.807) is 19.2 Å². The van der Waals surface area contributed by atoms with Crippen LogP contribution in [0.2, 0.25) is 0 Å². The van der Waals surface area contributed by atoms with Crippen LogP contribution in [-0.2, 0) is 5.41 Å². The predicted molar refractivity (Wildman–Crippen MR) is 70.4 cm³/mol. The lowest BCUT2D eigenvalue weighted by Gasteiger charge is -2.30. The summed E-state index contributed by atoms with van der Waals surface area (Å²) in [7, 11) is 3.16. The topological polar surface area (TPSA) is 64.7 Å². The summed E-state index contributed by atoms with van der Waals surface area (Å²) in [6.07, 6.45) is 4.44. The van der Waals surface area contributed by atoms with Gasteiger partial charge < -0.3 is 20.3 Å². The van der Waals surface area contributed by atoms with Gasteiger partial charge in [-0.25, -0.2) is 0 Å². The highest BCUT2D eigenvalue weighted by Crippen LogP contribution is 2.47. The molecular weight excluding hydrogens is 230 g/mol. The van der Waals surface area contributed by atoms with Crippen LogP contribution in [0.1, 0.15) is 31.2 Å². The Bertz CT molecular complexity index is 425. The number of aromatic hydroxyl groups is 1. The van der Waals surface area contributed by atoms with Crippen molar-refractivity contribution in [2.75, 3.05) is 20.8 Å². The zero-order valence-corrected chi connectivity index (χ0v) is 11.0. The lowest BCUT2D eigenvalue weighted by atomic mass is 9.78. The van der Waals surface area contributed by atoms with Crippen molar-refractivity contribution in [3.05, 3.63) is 17.7 Å². The Balaban J connectivity index is 2.52. The number of nitrogens with two attached hydrogens (primary N) is 1. The van der Waals surface area contributed by atoms with E-state index in [1.807, 2.05) is 0 Å². The third-order valence-corrected chi connectivity index (χ3v) is 4.02. The molecule has 0 amide bonds. The van der Waals surface area contributed by atoms with Gasteiger partial charge >= 0.3 is 0 Å². The van der Waals surface area contributed by atoms with Gasteiger partial charge in [-0.15, -0.1) is 0 Å². The number of hydrogen-bond acceptors (Lipinski definition) is 4. The molecule has 2 rings (SSSR count). The summed E-state index contributed by atoms with van der Waals surface area (Å²) in [5.74, 6) is 1.32. The number of ether oxygens (including phenoxy) is 2. The second-order valence-electron chi connectivity index (χ2n) is 4.92. The summed E-state index contributed by atoms with van der Waals surface area (Å²) in [6, 6.07) is 3.48. The van der Waals surface area contributed by atoms with Crippen LogP contribution in [0.25, 0.3) is 0 Å². The maximum Gasteiger partial charge on any atom is 0.164 e. The van der Waals surface area contributed by atoms with Crippen molar-refractivity contribution in [1.82, 2.24) is 0 Å². The quantitative estimate of drug-likeness (QED) is 0.861. The van der Waals surface area contributed by atoms with E-state index in [-0.39, 0.29) is 11.2 Å². The Labute approximate surface area is 108 Å².